The highest BCUT2D eigenvalue weighted by Gasteiger charge is 2.15. The van der Waals surface area contributed by atoms with Gasteiger partial charge in [-0.25, -0.2) is 0 Å². The molecule has 3 rings (SSSR count). The molecule has 0 radical (unpaired) electrons. The molecule has 1 aromatic carbocycles. The average molecular weight is 314 g/mol. The third kappa shape index (κ3) is 2.87. The number of benzene rings is 1. The van der Waals surface area contributed by atoms with Crippen LogP contribution in [0, 0.1) is 0 Å². The summed E-state index contributed by atoms with van der Waals surface area (Å²) in [6.45, 7) is 2.71. The molecule has 2 aromatic heterocycles. The third-order valence-electron chi connectivity index (χ3n) is 3.57. The maximum absolute atomic E-state index is 12.4. The molecule has 0 bridgehead atoms. The summed E-state index contributed by atoms with van der Waals surface area (Å²) in [4.78, 5) is 13.6. The van der Waals surface area contributed by atoms with Crippen molar-refractivity contribution in [3.63, 3.8) is 0 Å². The zero-order valence-electron chi connectivity index (χ0n) is 12.7. The number of rotatable bonds is 5. The minimum Gasteiger partial charge on any atom is -0.298 e. The number of hydrogen-bond acceptors (Lipinski definition) is 4. The summed E-state index contributed by atoms with van der Waals surface area (Å²) in [6.07, 6.45) is 3.45. The Bertz CT molecular complexity index is 816. The van der Waals surface area contributed by atoms with Crippen molar-refractivity contribution in [3.05, 3.63) is 56.8 Å². The van der Waals surface area contributed by atoms with Crippen molar-refractivity contribution in [3.8, 4) is 11.3 Å². The van der Waals surface area contributed by atoms with Gasteiger partial charge in [0.15, 0.2) is 0 Å². The average Bonchev–Trinajstić information content (AvgIpc) is 3.09. The van der Waals surface area contributed by atoms with E-state index in [0.717, 1.165) is 28.2 Å². The lowest BCUT2D eigenvalue weighted by Crippen LogP contribution is -2.16. The largest absolute Gasteiger partial charge is 0.307 e. The lowest BCUT2D eigenvalue weighted by atomic mass is 10.1. The normalized spacial score (nSPS) is 11.0. The fourth-order valence-electron chi connectivity index (χ4n) is 2.54. The third-order valence-corrected chi connectivity index (χ3v) is 4.70. The summed E-state index contributed by atoms with van der Waals surface area (Å²) in [7, 11) is 1.85. The first-order valence-electron chi connectivity index (χ1n) is 7.32. The molecule has 0 aliphatic rings. The Labute approximate surface area is 132 Å². The Morgan fingerprint density at radius 2 is 2.00 bits per heavy atom. The molecule has 0 amide bonds. The van der Waals surface area contributed by atoms with Crippen LogP contribution in [0.3, 0.4) is 0 Å². The smallest absolute Gasteiger partial charge is 0.298 e. The molecule has 6 heteroatoms. The quantitative estimate of drug-likeness (QED) is 0.727. The van der Waals surface area contributed by atoms with E-state index in [0.29, 0.717) is 13.0 Å². The van der Waals surface area contributed by atoms with Crippen molar-refractivity contribution in [1.29, 1.82) is 0 Å². The molecule has 0 fully saturated rings. The van der Waals surface area contributed by atoms with Crippen LogP contribution in [0.15, 0.2) is 41.3 Å². The number of hydrogen-bond donors (Lipinski definition) is 0. The number of aromatic nitrogens is 4. The van der Waals surface area contributed by atoms with E-state index in [1.807, 2.05) is 36.0 Å². The molecule has 3 aromatic rings. The van der Waals surface area contributed by atoms with Crippen LogP contribution in [0.25, 0.3) is 11.3 Å². The maximum atomic E-state index is 12.4. The molecule has 0 spiro atoms. The molecule has 0 saturated heterocycles. The van der Waals surface area contributed by atoms with Crippen LogP contribution in [0.5, 0.6) is 0 Å². The van der Waals surface area contributed by atoms with E-state index in [1.54, 1.807) is 4.68 Å². The number of nitrogens with zero attached hydrogens (tertiary/aromatic N) is 4. The van der Waals surface area contributed by atoms with Gasteiger partial charge in [-0.05, 0) is 12.0 Å². The van der Waals surface area contributed by atoms with Gasteiger partial charge in [-0.2, -0.15) is 0 Å². The van der Waals surface area contributed by atoms with Crippen LogP contribution in [0.1, 0.15) is 17.5 Å². The number of aryl methyl sites for hydroxylation is 3. The first kappa shape index (κ1) is 14.7. The van der Waals surface area contributed by atoms with Gasteiger partial charge in [-0.1, -0.05) is 53.8 Å². The van der Waals surface area contributed by atoms with Gasteiger partial charge < -0.3 is 0 Å². The fraction of sp³-hybridized carbons (Fsp3) is 0.312. The second kappa shape index (κ2) is 6.27. The van der Waals surface area contributed by atoms with E-state index < -0.39 is 0 Å². The summed E-state index contributed by atoms with van der Waals surface area (Å²) >= 11 is 1.34. The minimum absolute atomic E-state index is 0.0968. The molecule has 2 heterocycles. The van der Waals surface area contributed by atoms with E-state index in [-0.39, 0.29) is 4.87 Å². The summed E-state index contributed by atoms with van der Waals surface area (Å²) in [5.41, 5.74) is 3.04. The first-order valence-corrected chi connectivity index (χ1v) is 8.13. The summed E-state index contributed by atoms with van der Waals surface area (Å²) in [5.74, 6) is 0. The monoisotopic (exact) mass is 314 g/mol. The Hall–Kier alpha value is -2.21. The zero-order chi connectivity index (χ0) is 15.5. The van der Waals surface area contributed by atoms with E-state index in [4.69, 9.17) is 0 Å². The van der Waals surface area contributed by atoms with Crippen molar-refractivity contribution in [2.75, 3.05) is 0 Å². The van der Waals surface area contributed by atoms with Crippen LogP contribution in [0.2, 0.25) is 0 Å². The van der Waals surface area contributed by atoms with Crippen molar-refractivity contribution in [2.45, 2.75) is 26.3 Å². The molecule has 0 atom stereocenters. The molecular formula is C16H18N4OS. The Balaban J connectivity index is 1.96. The van der Waals surface area contributed by atoms with Crippen LogP contribution in [0.4, 0.5) is 0 Å². The molecule has 0 aliphatic carbocycles. The molecular weight excluding hydrogens is 296 g/mol. The van der Waals surface area contributed by atoms with Gasteiger partial charge in [0.25, 0.3) is 0 Å². The highest BCUT2D eigenvalue weighted by atomic mass is 32.1. The SMILES string of the molecule is CCc1sc(=O)n(CCc2cn(C)nn2)c1-c1ccccc1. The van der Waals surface area contributed by atoms with Crippen molar-refractivity contribution in [2.24, 2.45) is 7.05 Å². The van der Waals surface area contributed by atoms with Crippen molar-refractivity contribution in [1.82, 2.24) is 19.6 Å². The standard InChI is InChI=1S/C16H18N4OS/c1-3-14-15(12-7-5-4-6-8-12)20(16(21)22-14)10-9-13-11-19(2)18-17-13/h4-8,11H,3,9-10H2,1-2H3. The highest BCUT2D eigenvalue weighted by molar-refractivity contribution is 7.09. The summed E-state index contributed by atoms with van der Waals surface area (Å²) in [5, 5.41) is 8.03. The molecule has 114 valence electrons. The van der Waals surface area contributed by atoms with Crippen molar-refractivity contribution < 1.29 is 0 Å². The maximum Gasteiger partial charge on any atom is 0.307 e. The Morgan fingerprint density at radius 1 is 1.23 bits per heavy atom. The van der Waals surface area contributed by atoms with Gasteiger partial charge in [0.2, 0.25) is 0 Å². The molecule has 0 N–H and O–H groups in total. The predicted molar refractivity (Wildman–Crippen MR) is 88.1 cm³/mol. The van der Waals surface area contributed by atoms with Crippen LogP contribution < -0.4 is 4.87 Å². The molecule has 0 aliphatic heterocycles. The van der Waals surface area contributed by atoms with Crippen LogP contribution in [-0.4, -0.2) is 19.6 Å². The Morgan fingerprint density at radius 3 is 2.64 bits per heavy atom. The van der Waals surface area contributed by atoms with Gasteiger partial charge in [-0.3, -0.25) is 14.0 Å². The lowest BCUT2D eigenvalue weighted by Gasteiger charge is -2.09. The van der Waals surface area contributed by atoms with Gasteiger partial charge in [0.05, 0.1) is 11.4 Å². The lowest BCUT2D eigenvalue weighted by molar-refractivity contribution is 0.675. The van der Waals surface area contributed by atoms with Crippen LogP contribution in [-0.2, 0) is 26.4 Å². The summed E-state index contributed by atoms with van der Waals surface area (Å²) in [6, 6.07) is 10.1. The van der Waals surface area contributed by atoms with E-state index in [9.17, 15) is 4.79 Å². The second-order valence-corrected chi connectivity index (χ2v) is 6.19. The molecule has 5 nitrogen and oxygen atoms in total. The van der Waals surface area contributed by atoms with Gasteiger partial charge in [0, 0.05) is 31.1 Å². The predicted octanol–water partition coefficient (Wildman–Crippen LogP) is 2.51. The highest BCUT2D eigenvalue weighted by Crippen LogP contribution is 2.26. The second-order valence-electron chi connectivity index (χ2n) is 5.14. The number of thiazole rings is 1. The van der Waals surface area contributed by atoms with E-state index >= 15 is 0 Å². The van der Waals surface area contributed by atoms with Crippen molar-refractivity contribution >= 4 is 11.3 Å². The summed E-state index contributed by atoms with van der Waals surface area (Å²) < 4.78 is 3.55. The van der Waals surface area contributed by atoms with Crippen LogP contribution >= 0.6 is 11.3 Å². The van der Waals surface area contributed by atoms with E-state index in [1.165, 1.54) is 11.3 Å². The Kier molecular flexibility index (Phi) is 4.20. The zero-order valence-corrected chi connectivity index (χ0v) is 13.5. The van der Waals surface area contributed by atoms with Gasteiger partial charge >= 0.3 is 4.87 Å². The van der Waals surface area contributed by atoms with Gasteiger partial charge in [0.1, 0.15) is 0 Å². The fourth-order valence-corrected chi connectivity index (χ4v) is 3.51. The molecule has 22 heavy (non-hydrogen) atoms. The molecule has 0 saturated carbocycles. The molecule has 0 unspecified atom stereocenters. The van der Waals surface area contributed by atoms with Gasteiger partial charge in [-0.15, -0.1) is 5.10 Å². The minimum atomic E-state index is 0.0968. The first-order chi connectivity index (χ1) is 10.7. The topological polar surface area (TPSA) is 52.7 Å². The van der Waals surface area contributed by atoms with E-state index in [2.05, 4.69) is 29.4 Å².